The molecule has 0 spiro atoms. The molecule has 0 bridgehead atoms. The van der Waals surface area contributed by atoms with Crippen LogP contribution in [0.15, 0.2) is 77.7 Å². The lowest BCUT2D eigenvalue weighted by Gasteiger charge is -2.16. The van der Waals surface area contributed by atoms with Crippen molar-refractivity contribution in [2.24, 2.45) is 0 Å². The fourth-order valence-electron chi connectivity index (χ4n) is 3.53. The van der Waals surface area contributed by atoms with Crippen molar-refractivity contribution in [2.45, 2.75) is 17.1 Å². The van der Waals surface area contributed by atoms with Crippen LogP contribution < -0.4 is 19.7 Å². The molecular formula is C26H28N2O2S. The van der Waals surface area contributed by atoms with Gasteiger partial charge in [-0.2, -0.15) is 0 Å². The van der Waals surface area contributed by atoms with Crippen LogP contribution in [0.2, 0.25) is 0 Å². The van der Waals surface area contributed by atoms with E-state index in [-0.39, 0.29) is 5.25 Å². The second-order valence-electron chi connectivity index (χ2n) is 7.55. The molecule has 1 heterocycles. The zero-order valence-corrected chi connectivity index (χ0v) is 19.2. The Kier molecular flexibility index (Phi) is 6.42. The fraction of sp³-hybridized carbons (Fsp3) is 0.231. The van der Waals surface area contributed by atoms with E-state index in [9.17, 15) is 0 Å². The van der Waals surface area contributed by atoms with E-state index in [1.54, 1.807) is 7.11 Å². The minimum atomic E-state index is 0.166. The number of hydrogen-bond donors (Lipinski definition) is 1. The Morgan fingerprint density at radius 2 is 1.65 bits per heavy atom. The van der Waals surface area contributed by atoms with Gasteiger partial charge in [0.25, 0.3) is 0 Å². The highest BCUT2D eigenvalue weighted by Gasteiger charge is 2.20. The highest BCUT2D eigenvalue weighted by Crippen LogP contribution is 2.46. The molecule has 1 aliphatic heterocycles. The molecule has 160 valence electrons. The molecule has 0 saturated carbocycles. The van der Waals surface area contributed by atoms with Crippen molar-refractivity contribution in [3.8, 4) is 11.5 Å². The Morgan fingerprint density at radius 3 is 2.29 bits per heavy atom. The van der Waals surface area contributed by atoms with E-state index in [1.807, 2.05) is 36.9 Å². The van der Waals surface area contributed by atoms with Crippen LogP contribution in [-0.2, 0) is 0 Å². The van der Waals surface area contributed by atoms with E-state index in [4.69, 9.17) is 9.47 Å². The topological polar surface area (TPSA) is 33.7 Å². The molecule has 31 heavy (non-hydrogen) atoms. The number of benzene rings is 3. The standard InChI is InChI=1S/C26H28N2O2S/c1-5-30-22-14-15-23-26(16-22)31-25(19-6-10-20(11-7-19)28(2)3)17-24(27-23)18-8-12-21(29-4)13-9-18/h6-17,25,27H,5H2,1-4H3. The predicted molar refractivity (Wildman–Crippen MR) is 132 cm³/mol. The minimum Gasteiger partial charge on any atom is -0.497 e. The van der Waals surface area contributed by atoms with Crippen molar-refractivity contribution in [2.75, 3.05) is 38.0 Å². The molecule has 0 fully saturated rings. The van der Waals surface area contributed by atoms with Gasteiger partial charge >= 0.3 is 0 Å². The highest BCUT2D eigenvalue weighted by atomic mass is 32.2. The van der Waals surface area contributed by atoms with Gasteiger partial charge in [0.2, 0.25) is 0 Å². The number of hydrogen-bond acceptors (Lipinski definition) is 5. The Morgan fingerprint density at radius 1 is 0.935 bits per heavy atom. The summed E-state index contributed by atoms with van der Waals surface area (Å²) in [4.78, 5) is 3.29. The first-order valence-corrected chi connectivity index (χ1v) is 11.3. The van der Waals surface area contributed by atoms with E-state index < -0.39 is 0 Å². The first kappa shape index (κ1) is 21.2. The lowest BCUT2D eigenvalue weighted by Crippen LogP contribution is -2.08. The smallest absolute Gasteiger partial charge is 0.120 e. The number of nitrogens with zero attached hydrogens (tertiary/aromatic N) is 1. The Labute approximate surface area is 188 Å². The maximum atomic E-state index is 5.76. The number of rotatable bonds is 6. The zero-order chi connectivity index (χ0) is 21.8. The summed E-state index contributed by atoms with van der Waals surface area (Å²) in [6.45, 7) is 2.66. The molecule has 0 radical (unpaired) electrons. The molecule has 0 aliphatic carbocycles. The first-order chi connectivity index (χ1) is 15.1. The zero-order valence-electron chi connectivity index (χ0n) is 18.4. The van der Waals surface area contributed by atoms with E-state index in [2.05, 4.69) is 78.9 Å². The van der Waals surface area contributed by atoms with Gasteiger partial charge in [-0.3, -0.25) is 0 Å². The van der Waals surface area contributed by atoms with Gasteiger partial charge in [0.1, 0.15) is 11.5 Å². The monoisotopic (exact) mass is 432 g/mol. The third-order valence-electron chi connectivity index (χ3n) is 5.24. The third-order valence-corrected chi connectivity index (χ3v) is 6.50. The van der Waals surface area contributed by atoms with Crippen molar-refractivity contribution < 1.29 is 9.47 Å². The summed E-state index contributed by atoms with van der Waals surface area (Å²) in [5.74, 6) is 1.75. The summed E-state index contributed by atoms with van der Waals surface area (Å²) in [5.41, 5.74) is 5.75. The van der Waals surface area contributed by atoms with Gasteiger partial charge in [-0.1, -0.05) is 12.1 Å². The van der Waals surface area contributed by atoms with Gasteiger partial charge in [-0.05, 0) is 78.7 Å². The lowest BCUT2D eigenvalue weighted by molar-refractivity contribution is 0.339. The number of methoxy groups -OCH3 is 1. The van der Waals surface area contributed by atoms with Crippen molar-refractivity contribution in [1.82, 2.24) is 0 Å². The Balaban J connectivity index is 1.75. The maximum absolute atomic E-state index is 5.76. The quantitative estimate of drug-likeness (QED) is 0.483. The van der Waals surface area contributed by atoms with Gasteiger partial charge in [-0.15, -0.1) is 11.8 Å². The second-order valence-corrected chi connectivity index (χ2v) is 8.73. The van der Waals surface area contributed by atoms with Gasteiger partial charge in [-0.25, -0.2) is 0 Å². The molecule has 1 unspecified atom stereocenters. The van der Waals surface area contributed by atoms with Crippen LogP contribution in [-0.4, -0.2) is 27.8 Å². The predicted octanol–water partition coefficient (Wildman–Crippen LogP) is 6.46. The number of anilines is 2. The molecule has 5 heteroatoms. The number of thioether (sulfide) groups is 1. The molecule has 1 N–H and O–H groups in total. The average molecular weight is 433 g/mol. The second kappa shape index (κ2) is 9.40. The van der Waals surface area contributed by atoms with Crippen LogP contribution in [0, 0.1) is 0 Å². The van der Waals surface area contributed by atoms with Crippen LogP contribution in [0.25, 0.3) is 5.70 Å². The molecule has 0 saturated heterocycles. The van der Waals surface area contributed by atoms with Crippen LogP contribution >= 0.6 is 11.8 Å². The number of fused-ring (bicyclic) bond motifs is 1. The largest absolute Gasteiger partial charge is 0.497 e. The van der Waals surface area contributed by atoms with Crippen LogP contribution in [0.5, 0.6) is 11.5 Å². The summed E-state index contributed by atoms with van der Waals surface area (Å²) >= 11 is 1.83. The van der Waals surface area contributed by atoms with Crippen molar-refractivity contribution in [1.29, 1.82) is 0 Å². The summed E-state index contributed by atoms with van der Waals surface area (Å²) in [6.07, 6.45) is 2.30. The molecular weight excluding hydrogens is 404 g/mol. The number of nitrogens with one attached hydrogen (secondary N) is 1. The molecule has 4 nitrogen and oxygen atoms in total. The van der Waals surface area contributed by atoms with E-state index >= 15 is 0 Å². The Bertz CT molecular complexity index is 1060. The Hall–Kier alpha value is -3.05. The molecule has 0 aromatic heterocycles. The first-order valence-electron chi connectivity index (χ1n) is 10.4. The summed E-state index contributed by atoms with van der Waals surface area (Å²) in [6, 6.07) is 23.2. The summed E-state index contributed by atoms with van der Waals surface area (Å²) < 4.78 is 11.1. The molecule has 4 rings (SSSR count). The molecule has 1 aliphatic rings. The van der Waals surface area contributed by atoms with Crippen molar-refractivity contribution in [3.63, 3.8) is 0 Å². The summed E-state index contributed by atoms with van der Waals surface area (Å²) in [5, 5.41) is 3.81. The fourth-order valence-corrected chi connectivity index (χ4v) is 4.74. The average Bonchev–Trinajstić information content (AvgIpc) is 2.99. The van der Waals surface area contributed by atoms with Gasteiger partial charge in [0.05, 0.1) is 24.7 Å². The van der Waals surface area contributed by atoms with Crippen LogP contribution in [0.4, 0.5) is 11.4 Å². The van der Waals surface area contributed by atoms with Gasteiger partial charge < -0.3 is 19.7 Å². The highest BCUT2D eigenvalue weighted by molar-refractivity contribution is 7.99. The lowest BCUT2D eigenvalue weighted by atomic mass is 10.1. The maximum Gasteiger partial charge on any atom is 0.120 e. The molecule has 3 aromatic carbocycles. The van der Waals surface area contributed by atoms with Crippen molar-refractivity contribution in [3.05, 3.63) is 83.9 Å². The summed E-state index contributed by atoms with van der Waals surface area (Å²) in [7, 11) is 5.81. The van der Waals surface area contributed by atoms with Crippen LogP contribution in [0.3, 0.4) is 0 Å². The molecule has 1 atom stereocenters. The van der Waals surface area contributed by atoms with E-state index in [1.165, 1.54) is 16.1 Å². The van der Waals surface area contributed by atoms with Crippen molar-refractivity contribution >= 4 is 28.8 Å². The molecule has 0 amide bonds. The van der Waals surface area contributed by atoms with Gasteiger partial charge in [0.15, 0.2) is 0 Å². The normalized spacial score (nSPS) is 15.2. The minimum absolute atomic E-state index is 0.166. The van der Waals surface area contributed by atoms with Gasteiger partial charge in [0, 0.05) is 30.4 Å². The van der Waals surface area contributed by atoms with Crippen LogP contribution in [0.1, 0.15) is 23.3 Å². The SMILES string of the molecule is CCOc1ccc2c(c1)SC(c1ccc(N(C)C)cc1)C=C(c1ccc(OC)cc1)N2. The van der Waals surface area contributed by atoms with E-state index in [0.29, 0.717) is 6.61 Å². The molecule has 3 aromatic rings. The third kappa shape index (κ3) is 4.83. The number of ether oxygens (including phenoxy) is 2. The van der Waals surface area contributed by atoms with E-state index in [0.717, 1.165) is 28.4 Å².